The van der Waals surface area contributed by atoms with Crippen molar-refractivity contribution in [2.24, 2.45) is 40.9 Å². The number of carbonyl (C=O) groups is 2. The van der Waals surface area contributed by atoms with Crippen LogP contribution in [0.1, 0.15) is 31.8 Å². The molecule has 6 aromatic carbocycles. The van der Waals surface area contributed by atoms with Crippen LogP contribution >= 0.6 is 0 Å². The quantitative estimate of drug-likeness (QED) is 0.0520. The van der Waals surface area contributed by atoms with E-state index in [4.69, 9.17) is 0 Å². The zero-order valence-electron chi connectivity index (χ0n) is 33.4. The van der Waals surface area contributed by atoms with Crippen molar-refractivity contribution in [3.8, 4) is 23.0 Å². The van der Waals surface area contributed by atoms with Gasteiger partial charge in [0.25, 0.3) is 0 Å². The maximum atomic E-state index is 12.2. The molecule has 0 radical (unpaired) electrons. The minimum absolute atomic E-state index is 0. The molecule has 26 heteroatoms. The van der Waals surface area contributed by atoms with Crippen molar-refractivity contribution in [3.63, 3.8) is 0 Å². The fraction of sp³-hybridized carbons (Fsp3) is 0.0256. The van der Waals surface area contributed by atoms with Crippen LogP contribution in [0.3, 0.4) is 0 Å². The van der Waals surface area contributed by atoms with Gasteiger partial charge < -0.3 is 39.7 Å². The molecular weight excluding hydrogens is 915 g/mol. The molecule has 0 amide bonds. The molecule has 0 saturated carbocycles. The van der Waals surface area contributed by atoms with Gasteiger partial charge in [-0.2, -0.15) is 15.3 Å². The van der Waals surface area contributed by atoms with E-state index < -0.39 is 65.0 Å². The molecule has 0 bridgehead atoms. The molecule has 0 aromatic heterocycles. The van der Waals surface area contributed by atoms with E-state index in [1.807, 2.05) is 0 Å². The monoisotopic (exact) mass is 940 g/mol. The molecule has 0 fully saturated rings. The molecule has 0 unspecified atom stereocenters. The Kier molecular flexibility index (Phi) is 17.0. The van der Waals surface area contributed by atoms with Crippen molar-refractivity contribution in [2.45, 2.75) is 16.2 Å². The summed E-state index contributed by atoms with van der Waals surface area (Å²) in [6.45, 7) is 0. The van der Waals surface area contributed by atoms with E-state index in [0.717, 1.165) is 48.5 Å². The van der Waals surface area contributed by atoms with Gasteiger partial charge in [0.05, 0.1) is 38.0 Å². The number of aromatic hydroxyl groups is 4. The number of hydrogen-bond donors (Lipinski definition) is 6. The molecular formula is C39H26N8Na2O14S2. The third-order valence-electron chi connectivity index (χ3n) is 8.45. The summed E-state index contributed by atoms with van der Waals surface area (Å²) < 4.78 is 66.8. The fourth-order valence-electron chi connectivity index (χ4n) is 5.40. The number of nitrogens with zero attached hydrogens (tertiary/aromatic N) is 8. The number of benzene rings is 6. The molecule has 0 aliphatic heterocycles. The van der Waals surface area contributed by atoms with Crippen LogP contribution in [0.25, 0.3) is 0 Å². The second-order valence-corrected chi connectivity index (χ2v) is 15.6. The third-order valence-corrected chi connectivity index (χ3v) is 10.1. The Morgan fingerprint density at radius 1 is 0.431 bits per heavy atom. The van der Waals surface area contributed by atoms with Crippen molar-refractivity contribution in [3.05, 3.63) is 131 Å². The van der Waals surface area contributed by atoms with Crippen molar-refractivity contribution in [1.29, 1.82) is 0 Å². The van der Waals surface area contributed by atoms with Crippen LogP contribution < -0.4 is 59.1 Å². The number of hydrogen-bond acceptors (Lipinski definition) is 20. The van der Waals surface area contributed by atoms with Gasteiger partial charge in [0.15, 0.2) is 5.69 Å². The van der Waals surface area contributed by atoms with Gasteiger partial charge in [-0.05, 0) is 90.3 Å². The van der Waals surface area contributed by atoms with Gasteiger partial charge in [-0.1, -0.05) is 12.1 Å². The number of carboxylic acids is 2. The standard InChI is InChI=1S/C39H28N8O14S2.2Na/c48-33-19-34(49)32(18-31(33)45-40-22-3-7-25(8-4-22)62(56,57)58)46-44-30-12-2-21(15-28(30)39(54)55)13-20-1-11-29(27(14-20)38(52)53)43-42-24-16-35(50)37(36(51)17-24)47-41-23-5-9-26(10-6-23)63(59,60)61;;/h1-12,14-19,48-51H,13H2,(H,52,53)(H,54,55)(H,56,57,58)(H,59,60,61);;/q;2*+1/p-2. The van der Waals surface area contributed by atoms with Gasteiger partial charge >= 0.3 is 71.1 Å². The Morgan fingerprint density at radius 2 is 0.800 bits per heavy atom. The second-order valence-electron chi connectivity index (χ2n) is 12.8. The number of phenols is 4. The molecule has 0 saturated heterocycles. The van der Waals surface area contributed by atoms with Crippen molar-refractivity contribution in [2.75, 3.05) is 0 Å². The van der Waals surface area contributed by atoms with Gasteiger partial charge in [0, 0.05) is 24.3 Å². The van der Waals surface area contributed by atoms with Gasteiger partial charge in [-0.25, -0.2) is 26.4 Å². The predicted octanol–water partition coefficient (Wildman–Crippen LogP) is 2.97. The maximum Gasteiger partial charge on any atom is 1.00 e. The maximum absolute atomic E-state index is 12.2. The Balaban J connectivity index is 0.00000462. The molecule has 65 heavy (non-hydrogen) atoms. The fourth-order valence-corrected chi connectivity index (χ4v) is 6.34. The zero-order chi connectivity index (χ0) is 45.6. The van der Waals surface area contributed by atoms with Crippen LogP contribution in [0.4, 0.5) is 45.5 Å². The Hall–Kier alpha value is -6.32. The summed E-state index contributed by atoms with van der Waals surface area (Å²) in [4.78, 5) is 23.5. The van der Waals surface area contributed by atoms with Gasteiger partial charge in [0.1, 0.15) is 66.0 Å². The first-order valence-corrected chi connectivity index (χ1v) is 20.2. The topological polar surface area (TPSA) is 369 Å². The summed E-state index contributed by atoms with van der Waals surface area (Å²) in [6.07, 6.45) is 0.0393. The molecule has 0 atom stereocenters. The molecule has 6 rings (SSSR count). The van der Waals surface area contributed by atoms with Crippen LogP contribution in [0, 0.1) is 0 Å². The summed E-state index contributed by atoms with van der Waals surface area (Å²) in [6, 6.07) is 21.2. The molecule has 0 aliphatic rings. The van der Waals surface area contributed by atoms with E-state index >= 15 is 0 Å². The van der Waals surface area contributed by atoms with Crippen LogP contribution in [0.2, 0.25) is 0 Å². The normalized spacial score (nSPS) is 11.8. The van der Waals surface area contributed by atoms with Crippen molar-refractivity contribution in [1.82, 2.24) is 0 Å². The number of azo groups is 4. The second kappa shape index (κ2) is 21.6. The van der Waals surface area contributed by atoms with E-state index in [1.54, 1.807) is 0 Å². The SMILES string of the molecule is O=C(O)c1cc(Cc2ccc(N=Nc3cc(N=Nc4ccc(S(=O)(=O)[O-])cc4)c(O)cc3O)c(C(=O)O)c2)ccc1N=Nc1cc(O)c(N=Nc2ccc(S(=O)(=O)[O-])cc2)c(O)c1.[Na+].[Na+]. The van der Waals surface area contributed by atoms with Crippen molar-refractivity contribution >= 4 is 77.7 Å². The van der Waals surface area contributed by atoms with Gasteiger partial charge in [0.2, 0.25) is 0 Å². The molecule has 6 N–H and O–H groups in total. The summed E-state index contributed by atoms with van der Waals surface area (Å²) in [5, 5.41) is 92.4. The first-order chi connectivity index (χ1) is 29.7. The number of carboxylic acid groups (broad SMARTS) is 2. The average Bonchev–Trinajstić information content (AvgIpc) is 3.22. The summed E-state index contributed by atoms with van der Waals surface area (Å²) in [5.74, 6) is -5.04. The van der Waals surface area contributed by atoms with E-state index in [2.05, 4.69) is 40.9 Å². The Morgan fingerprint density at radius 3 is 1.22 bits per heavy atom. The predicted molar refractivity (Wildman–Crippen MR) is 215 cm³/mol. The van der Waals surface area contributed by atoms with Gasteiger partial charge in [-0.3, -0.25) is 0 Å². The minimum Gasteiger partial charge on any atom is -0.744 e. The summed E-state index contributed by atoms with van der Waals surface area (Å²) in [7, 11) is -9.37. The molecule has 22 nitrogen and oxygen atoms in total. The first-order valence-electron chi connectivity index (χ1n) is 17.4. The number of phenolic OH excluding ortho intramolecular Hbond substituents is 4. The average molecular weight is 941 g/mol. The van der Waals surface area contributed by atoms with E-state index in [0.29, 0.717) is 11.1 Å². The first kappa shape index (κ1) is 51.3. The molecule has 0 spiro atoms. The van der Waals surface area contributed by atoms with E-state index in [-0.39, 0.29) is 122 Å². The van der Waals surface area contributed by atoms with Crippen LogP contribution in [0.5, 0.6) is 23.0 Å². The molecule has 0 heterocycles. The van der Waals surface area contributed by atoms with E-state index in [9.17, 15) is 66.2 Å². The third kappa shape index (κ3) is 13.4. The smallest absolute Gasteiger partial charge is 0.744 e. The van der Waals surface area contributed by atoms with E-state index in [1.165, 1.54) is 60.7 Å². The van der Waals surface area contributed by atoms with Crippen LogP contribution in [0.15, 0.2) is 160 Å². The summed E-state index contributed by atoms with van der Waals surface area (Å²) >= 11 is 0. The largest absolute Gasteiger partial charge is 1.00 e. The Bertz CT molecular complexity index is 3130. The van der Waals surface area contributed by atoms with Gasteiger partial charge in [-0.15, -0.1) is 25.6 Å². The molecule has 0 aliphatic carbocycles. The number of rotatable bonds is 14. The Labute approximate surface area is 411 Å². The molecule has 6 aromatic rings. The summed E-state index contributed by atoms with van der Waals surface area (Å²) in [5.41, 5.74) is -0.757. The van der Waals surface area contributed by atoms with Crippen molar-refractivity contribution < 1.29 is 125 Å². The van der Waals surface area contributed by atoms with Crippen LogP contribution in [-0.2, 0) is 26.7 Å². The zero-order valence-corrected chi connectivity index (χ0v) is 39.1. The van der Waals surface area contributed by atoms with Crippen LogP contribution in [-0.4, -0.2) is 68.5 Å². The molecule has 320 valence electrons. The minimum atomic E-state index is -4.69. The number of aromatic carboxylic acids is 2.